The maximum Gasteiger partial charge on any atom is 0.322 e. The molecule has 0 heterocycles. The van der Waals surface area contributed by atoms with E-state index in [4.69, 9.17) is 10.2 Å². The van der Waals surface area contributed by atoms with Gasteiger partial charge < -0.3 is 15.5 Å². The second-order valence-electron chi connectivity index (χ2n) is 4.45. The van der Waals surface area contributed by atoms with E-state index in [1.54, 1.807) is 0 Å². The average Bonchev–Trinajstić information content (AvgIpc) is 2.84. The van der Waals surface area contributed by atoms with Crippen LogP contribution >= 0.6 is 0 Å². The maximum absolute atomic E-state index is 11.8. The van der Waals surface area contributed by atoms with Crippen LogP contribution < -0.4 is 5.32 Å². The molecule has 92 valence electrons. The van der Waals surface area contributed by atoms with Gasteiger partial charge in [0.05, 0.1) is 11.8 Å². The van der Waals surface area contributed by atoms with Gasteiger partial charge in [-0.05, 0) is 18.3 Å². The van der Waals surface area contributed by atoms with E-state index < -0.39 is 36.2 Å². The zero-order valence-corrected chi connectivity index (χ0v) is 9.00. The molecule has 4 unspecified atom stereocenters. The van der Waals surface area contributed by atoms with E-state index in [-0.39, 0.29) is 11.8 Å². The topological polar surface area (TPSA) is 104 Å². The monoisotopic (exact) mass is 239 g/mol. The molecule has 2 bridgehead atoms. The van der Waals surface area contributed by atoms with Gasteiger partial charge in [-0.15, -0.1) is 0 Å². The predicted molar refractivity (Wildman–Crippen MR) is 56.0 cm³/mol. The van der Waals surface area contributed by atoms with Crippen molar-refractivity contribution in [2.24, 2.45) is 23.7 Å². The van der Waals surface area contributed by atoms with Gasteiger partial charge in [0.1, 0.15) is 6.54 Å². The van der Waals surface area contributed by atoms with Crippen LogP contribution in [0.2, 0.25) is 0 Å². The Bertz CT molecular complexity index is 403. The van der Waals surface area contributed by atoms with Crippen LogP contribution in [0, 0.1) is 23.7 Å². The minimum Gasteiger partial charge on any atom is -0.481 e. The second kappa shape index (κ2) is 4.20. The van der Waals surface area contributed by atoms with E-state index in [9.17, 15) is 14.4 Å². The van der Waals surface area contributed by atoms with Gasteiger partial charge in [0, 0.05) is 0 Å². The highest BCUT2D eigenvalue weighted by molar-refractivity contribution is 5.88. The molecular weight excluding hydrogens is 226 g/mol. The summed E-state index contributed by atoms with van der Waals surface area (Å²) in [7, 11) is 0. The number of rotatable bonds is 4. The van der Waals surface area contributed by atoms with E-state index in [0.717, 1.165) is 0 Å². The molecule has 0 radical (unpaired) electrons. The number of carbonyl (C=O) groups is 3. The predicted octanol–water partition coefficient (Wildman–Crippen LogP) is -0.290. The lowest BCUT2D eigenvalue weighted by Gasteiger charge is -2.23. The molecule has 4 atom stereocenters. The zero-order chi connectivity index (χ0) is 12.6. The van der Waals surface area contributed by atoms with Crippen LogP contribution in [-0.4, -0.2) is 34.6 Å². The lowest BCUT2D eigenvalue weighted by Crippen LogP contribution is -2.41. The fraction of sp³-hybridized carbons (Fsp3) is 0.545. The third-order valence-corrected chi connectivity index (χ3v) is 3.46. The number of amides is 1. The number of carboxylic acids is 2. The number of hydrogen-bond acceptors (Lipinski definition) is 3. The van der Waals surface area contributed by atoms with Gasteiger partial charge in [-0.2, -0.15) is 0 Å². The van der Waals surface area contributed by atoms with Crippen LogP contribution in [0.5, 0.6) is 0 Å². The molecule has 0 saturated heterocycles. The first-order chi connectivity index (χ1) is 8.00. The van der Waals surface area contributed by atoms with E-state index in [2.05, 4.69) is 5.32 Å². The number of carbonyl (C=O) groups excluding carboxylic acids is 1. The highest BCUT2D eigenvalue weighted by Crippen LogP contribution is 2.48. The highest BCUT2D eigenvalue weighted by Gasteiger charge is 2.51. The first-order valence-corrected chi connectivity index (χ1v) is 5.41. The summed E-state index contributed by atoms with van der Waals surface area (Å²) in [5.41, 5.74) is 0. The summed E-state index contributed by atoms with van der Waals surface area (Å²) < 4.78 is 0. The Balaban J connectivity index is 2.08. The molecule has 0 aromatic heterocycles. The van der Waals surface area contributed by atoms with Gasteiger partial charge in [0.2, 0.25) is 5.91 Å². The summed E-state index contributed by atoms with van der Waals surface area (Å²) in [6.07, 6.45) is 4.36. The number of fused-ring (bicyclic) bond motifs is 2. The second-order valence-corrected chi connectivity index (χ2v) is 4.45. The average molecular weight is 239 g/mol. The van der Waals surface area contributed by atoms with Gasteiger partial charge in [0.25, 0.3) is 0 Å². The first kappa shape index (κ1) is 11.6. The van der Waals surface area contributed by atoms with Crippen LogP contribution in [0.15, 0.2) is 12.2 Å². The van der Waals surface area contributed by atoms with Crippen LogP contribution in [0.1, 0.15) is 6.42 Å². The molecule has 6 nitrogen and oxygen atoms in total. The molecule has 1 saturated carbocycles. The minimum atomic E-state index is -1.14. The summed E-state index contributed by atoms with van der Waals surface area (Å²) in [5.74, 6) is -4.13. The SMILES string of the molecule is O=C(O)CNC(=O)C1C2C=CC(C2)C1C(=O)O. The fourth-order valence-electron chi connectivity index (χ4n) is 2.80. The van der Waals surface area contributed by atoms with Crippen LogP contribution in [0.3, 0.4) is 0 Å². The van der Waals surface area contributed by atoms with E-state index in [1.165, 1.54) is 0 Å². The number of carboxylic acid groups (broad SMARTS) is 2. The zero-order valence-electron chi connectivity index (χ0n) is 9.00. The molecule has 2 aliphatic rings. The molecule has 1 amide bonds. The van der Waals surface area contributed by atoms with Crippen molar-refractivity contribution >= 4 is 17.8 Å². The summed E-state index contributed by atoms with van der Waals surface area (Å²) in [6, 6.07) is 0. The van der Waals surface area contributed by atoms with Crippen molar-refractivity contribution in [3.05, 3.63) is 12.2 Å². The van der Waals surface area contributed by atoms with Crippen molar-refractivity contribution in [1.29, 1.82) is 0 Å². The van der Waals surface area contributed by atoms with Crippen molar-refractivity contribution in [2.75, 3.05) is 6.54 Å². The number of aliphatic carboxylic acids is 2. The van der Waals surface area contributed by atoms with Crippen LogP contribution in [0.25, 0.3) is 0 Å². The Morgan fingerprint density at radius 3 is 2.24 bits per heavy atom. The summed E-state index contributed by atoms with van der Waals surface area (Å²) in [5, 5.41) is 19.8. The Hall–Kier alpha value is -1.85. The molecular formula is C11H13NO5. The van der Waals surface area contributed by atoms with Gasteiger partial charge >= 0.3 is 11.9 Å². The Labute approximate surface area is 97.3 Å². The molecule has 6 heteroatoms. The lowest BCUT2D eigenvalue weighted by molar-refractivity contribution is -0.148. The van der Waals surface area contributed by atoms with E-state index in [1.807, 2.05) is 12.2 Å². The van der Waals surface area contributed by atoms with Gasteiger partial charge in [-0.25, -0.2) is 0 Å². The molecule has 0 aromatic carbocycles. The third-order valence-electron chi connectivity index (χ3n) is 3.46. The number of hydrogen-bond donors (Lipinski definition) is 3. The van der Waals surface area contributed by atoms with Gasteiger partial charge in [-0.1, -0.05) is 12.2 Å². The third kappa shape index (κ3) is 2.02. The molecule has 1 fully saturated rings. The maximum atomic E-state index is 11.8. The molecule has 0 spiro atoms. The van der Waals surface area contributed by atoms with Crippen molar-refractivity contribution < 1.29 is 24.6 Å². The Kier molecular flexibility index (Phi) is 2.87. The summed E-state index contributed by atoms with van der Waals surface area (Å²) in [6.45, 7) is -0.469. The fourth-order valence-corrected chi connectivity index (χ4v) is 2.80. The molecule has 2 aliphatic carbocycles. The van der Waals surface area contributed by atoms with Gasteiger partial charge in [0.15, 0.2) is 0 Å². The van der Waals surface area contributed by atoms with Gasteiger partial charge in [-0.3, -0.25) is 14.4 Å². The van der Waals surface area contributed by atoms with Crippen molar-refractivity contribution in [2.45, 2.75) is 6.42 Å². The number of nitrogens with one attached hydrogen (secondary N) is 1. The Morgan fingerprint density at radius 2 is 1.71 bits per heavy atom. The Morgan fingerprint density at radius 1 is 1.12 bits per heavy atom. The lowest BCUT2D eigenvalue weighted by atomic mass is 9.82. The summed E-state index contributed by atoms with van der Waals surface area (Å²) in [4.78, 5) is 33.2. The molecule has 17 heavy (non-hydrogen) atoms. The molecule has 3 N–H and O–H groups in total. The normalized spacial score (nSPS) is 33.6. The van der Waals surface area contributed by atoms with E-state index in [0.29, 0.717) is 6.42 Å². The van der Waals surface area contributed by atoms with Crippen LogP contribution in [-0.2, 0) is 14.4 Å². The smallest absolute Gasteiger partial charge is 0.322 e. The molecule has 2 rings (SSSR count). The van der Waals surface area contributed by atoms with E-state index >= 15 is 0 Å². The highest BCUT2D eigenvalue weighted by atomic mass is 16.4. The summed E-state index contributed by atoms with van der Waals surface area (Å²) >= 11 is 0. The van der Waals surface area contributed by atoms with Crippen LogP contribution in [0.4, 0.5) is 0 Å². The quantitative estimate of drug-likeness (QED) is 0.585. The standard InChI is InChI=1S/C11H13NO5/c13-7(14)4-12-10(15)8-5-1-2-6(3-5)9(8)11(16)17/h1-2,5-6,8-9H,3-4H2,(H,12,15)(H,13,14)(H,16,17). The molecule has 0 aromatic rings. The largest absolute Gasteiger partial charge is 0.481 e. The minimum absolute atomic E-state index is 0.0742. The van der Waals surface area contributed by atoms with Crippen molar-refractivity contribution in [3.8, 4) is 0 Å². The molecule has 0 aliphatic heterocycles. The van der Waals surface area contributed by atoms with Crippen molar-refractivity contribution in [1.82, 2.24) is 5.32 Å². The number of allylic oxidation sites excluding steroid dienone is 2. The van der Waals surface area contributed by atoms with Crippen molar-refractivity contribution in [3.63, 3.8) is 0 Å². The first-order valence-electron chi connectivity index (χ1n) is 5.41.